The zero-order valence-corrected chi connectivity index (χ0v) is 10.8. The molecule has 1 aromatic rings. The van der Waals surface area contributed by atoms with Crippen LogP contribution in [0, 0.1) is 10.6 Å². The number of nitrogens with zero attached hydrogens (tertiary/aromatic N) is 1. The standard InChI is InChI=1S/C13H20N2O3/c1-3-13(4-2,10-16)9-14-12(17)11-7-5-6-8-15(11)18/h5-8,16H,3-4,9-10H2,1-2H3,(H,14,17). The van der Waals surface area contributed by atoms with Crippen LogP contribution in [-0.2, 0) is 0 Å². The van der Waals surface area contributed by atoms with Gasteiger partial charge in [-0.05, 0) is 18.9 Å². The molecule has 100 valence electrons. The second kappa shape index (κ2) is 6.35. The monoisotopic (exact) mass is 252 g/mol. The largest absolute Gasteiger partial charge is 0.618 e. The Morgan fingerprint density at radius 2 is 2.11 bits per heavy atom. The van der Waals surface area contributed by atoms with Crippen LogP contribution in [-0.4, -0.2) is 24.2 Å². The molecular formula is C13H20N2O3. The number of aliphatic hydroxyl groups excluding tert-OH is 1. The molecule has 0 aromatic carbocycles. The fraction of sp³-hybridized carbons (Fsp3) is 0.538. The van der Waals surface area contributed by atoms with Crippen LogP contribution < -0.4 is 10.0 Å². The van der Waals surface area contributed by atoms with E-state index < -0.39 is 5.91 Å². The number of aromatic nitrogens is 1. The quantitative estimate of drug-likeness (QED) is 0.582. The van der Waals surface area contributed by atoms with E-state index in [0.29, 0.717) is 11.3 Å². The average Bonchev–Trinajstić information content (AvgIpc) is 2.41. The van der Waals surface area contributed by atoms with Gasteiger partial charge >= 0.3 is 5.91 Å². The fourth-order valence-corrected chi connectivity index (χ4v) is 1.74. The van der Waals surface area contributed by atoms with E-state index >= 15 is 0 Å². The van der Waals surface area contributed by atoms with E-state index in [2.05, 4.69) is 5.32 Å². The number of carbonyl (C=O) groups is 1. The van der Waals surface area contributed by atoms with E-state index in [9.17, 15) is 15.1 Å². The lowest BCUT2D eigenvalue weighted by molar-refractivity contribution is -0.607. The molecule has 1 aromatic heterocycles. The van der Waals surface area contributed by atoms with E-state index in [-0.39, 0.29) is 17.7 Å². The molecule has 0 saturated heterocycles. The number of nitrogens with one attached hydrogen (secondary N) is 1. The van der Waals surface area contributed by atoms with Crippen LogP contribution in [0.1, 0.15) is 37.2 Å². The van der Waals surface area contributed by atoms with Crippen molar-refractivity contribution in [1.29, 1.82) is 0 Å². The Hall–Kier alpha value is -1.62. The minimum atomic E-state index is -0.412. The van der Waals surface area contributed by atoms with Crippen LogP contribution in [0.25, 0.3) is 0 Å². The molecule has 1 heterocycles. The molecule has 0 atom stereocenters. The maximum absolute atomic E-state index is 11.8. The van der Waals surface area contributed by atoms with Crippen molar-refractivity contribution in [1.82, 2.24) is 5.32 Å². The van der Waals surface area contributed by atoms with Crippen LogP contribution in [0.15, 0.2) is 24.4 Å². The second-order valence-electron chi connectivity index (χ2n) is 4.46. The Morgan fingerprint density at radius 1 is 1.44 bits per heavy atom. The van der Waals surface area contributed by atoms with Crippen molar-refractivity contribution in [3.63, 3.8) is 0 Å². The molecule has 5 heteroatoms. The van der Waals surface area contributed by atoms with E-state index in [1.165, 1.54) is 12.3 Å². The third-order valence-electron chi connectivity index (χ3n) is 3.52. The topological polar surface area (TPSA) is 76.3 Å². The Kier molecular flexibility index (Phi) is 5.09. The first-order chi connectivity index (χ1) is 8.58. The number of hydrogen-bond donors (Lipinski definition) is 2. The lowest BCUT2D eigenvalue weighted by Gasteiger charge is -2.29. The summed E-state index contributed by atoms with van der Waals surface area (Å²) in [6, 6.07) is 4.68. The average molecular weight is 252 g/mol. The highest BCUT2D eigenvalue weighted by Crippen LogP contribution is 2.24. The summed E-state index contributed by atoms with van der Waals surface area (Å²) in [5, 5.41) is 23.5. The predicted octanol–water partition coefficient (Wildman–Crippen LogP) is 0.848. The first-order valence-corrected chi connectivity index (χ1v) is 6.16. The molecular weight excluding hydrogens is 232 g/mol. The Labute approximate surface area is 107 Å². The smallest absolute Gasteiger partial charge is 0.317 e. The minimum Gasteiger partial charge on any atom is -0.618 e. The van der Waals surface area contributed by atoms with E-state index in [1.54, 1.807) is 12.1 Å². The van der Waals surface area contributed by atoms with Crippen molar-refractivity contribution in [2.75, 3.05) is 13.2 Å². The van der Waals surface area contributed by atoms with Gasteiger partial charge in [-0.2, -0.15) is 4.73 Å². The highest BCUT2D eigenvalue weighted by molar-refractivity contribution is 5.90. The summed E-state index contributed by atoms with van der Waals surface area (Å²) in [6.45, 7) is 4.33. The summed E-state index contributed by atoms with van der Waals surface area (Å²) in [4.78, 5) is 11.8. The predicted molar refractivity (Wildman–Crippen MR) is 67.8 cm³/mol. The summed E-state index contributed by atoms with van der Waals surface area (Å²) in [7, 11) is 0. The summed E-state index contributed by atoms with van der Waals surface area (Å²) < 4.78 is 0.536. The van der Waals surface area contributed by atoms with Gasteiger partial charge in [-0.15, -0.1) is 0 Å². The number of pyridine rings is 1. The van der Waals surface area contributed by atoms with Crippen LogP contribution in [0.3, 0.4) is 0 Å². The van der Waals surface area contributed by atoms with Gasteiger partial charge in [-0.25, -0.2) is 0 Å². The molecule has 18 heavy (non-hydrogen) atoms. The first kappa shape index (κ1) is 14.4. The normalized spacial score (nSPS) is 11.3. The number of aliphatic hydroxyl groups is 1. The third-order valence-corrected chi connectivity index (χ3v) is 3.52. The molecule has 0 aliphatic rings. The second-order valence-corrected chi connectivity index (χ2v) is 4.46. The van der Waals surface area contributed by atoms with Crippen molar-refractivity contribution in [3.8, 4) is 0 Å². The first-order valence-electron chi connectivity index (χ1n) is 6.16. The molecule has 1 rings (SSSR count). The van der Waals surface area contributed by atoms with Gasteiger partial charge in [0.25, 0.3) is 5.69 Å². The van der Waals surface area contributed by atoms with Gasteiger partial charge in [0, 0.05) is 24.1 Å². The molecule has 0 radical (unpaired) electrons. The van der Waals surface area contributed by atoms with Crippen molar-refractivity contribution in [2.24, 2.45) is 5.41 Å². The Balaban J connectivity index is 2.69. The third kappa shape index (κ3) is 3.20. The fourth-order valence-electron chi connectivity index (χ4n) is 1.74. The number of amides is 1. The van der Waals surface area contributed by atoms with Crippen molar-refractivity contribution in [2.45, 2.75) is 26.7 Å². The van der Waals surface area contributed by atoms with Gasteiger partial charge < -0.3 is 15.6 Å². The highest BCUT2D eigenvalue weighted by Gasteiger charge is 2.27. The Morgan fingerprint density at radius 3 is 2.61 bits per heavy atom. The SMILES string of the molecule is CCC(CC)(CO)CNC(=O)c1cccc[n+]1[O-]. The van der Waals surface area contributed by atoms with Gasteiger partial charge in [0.1, 0.15) is 0 Å². The molecule has 0 spiro atoms. The molecule has 5 nitrogen and oxygen atoms in total. The summed E-state index contributed by atoms with van der Waals surface area (Å²) in [5.41, 5.74) is -0.241. The molecule has 2 N–H and O–H groups in total. The van der Waals surface area contributed by atoms with Gasteiger partial charge in [0.05, 0.1) is 6.61 Å². The molecule has 1 amide bonds. The molecule has 0 aliphatic heterocycles. The van der Waals surface area contributed by atoms with E-state index in [0.717, 1.165) is 12.8 Å². The number of rotatable bonds is 6. The molecule has 0 bridgehead atoms. The van der Waals surface area contributed by atoms with Crippen molar-refractivity contribution < 1.29 is 14.6 Å². The summed E-state index contributed by atoms with van der Waals surface area (Å²) >= 11 is 0. The number of hydrogen-bond acceptors (Lipinski definition) is 3. The lowest BCUT2D eigenvalue weighted by Crippen LogP contribution is -2.44. The van der Waals surface area contributed by atoms with Crippen LogP contribution in [0.4, 0.5) is 0 Å². The van der Waals surface area contributed by atoms with Crippen LogP contribution in [0.2, 0.25) is 0 Å². The van der Waals surface area contributed by atoms with E-state index in [4.69, 9.17) is 0 Å². The van der Waals surface area contributed by atoms with Crippen molar-refractivity contribution >= 4 is 5.91 Å². The maximum Gasteiger partial charge on any atom is 0.317 e. The summed E-state index contributed by atoms with van der Waals surface area (Å²) in [6.07, 6.45) is 2.83. The Bertz CT molecular complexity index is 395. The lowest BCUT2D eigenvalue weighted by atomic mass is 9.83. The highest BCUT2D eigenvalue weighted by atomic mass is 16.5. The molecule has 0 aliphatic carbocycles. The van der Waals surface area contributed by atoms with E-state index in [1.807, 2.05) is 13.8 Å². The summed E-state index contributed by atoms with van der Waals surface area (Å²) in [5.74, 6) is -0.412. The zero-order chi connectivity index (χ0) is 13.6. The minimum absolute atomic E-state index is 0.0203. The van der Waals surface area contributed by atoms with Gasteiger partial charge in [0.15, 0.2) is 6.20 Å². The van der Waals surface area contributed by atoms with Gasteiger partial charge in [-0.1, -0.05) is 13.8 Å². The van der Waals surface area contributed by atoms with Crippen molar-refractivity contribution in [3.05, 3.63) is 35.3 Å². The zero-order valence-electron chi connectivity index (χ0n) is 10.8. The molecule has 0 unspecified atom stereocenters. The van der Waals surface area contributed by atoms with Gasteiger partial charge in [0.2, 0.25) is 0 Å². The van der Waals surface area contributed by atoms with Crippen LogP contribution in [0.5, 0.6) is 0 Å². The van der Waals surface area contributed by atoms with Gasteiger partial charge in [-0.3, -0.25) is 4.79 Å². The van der Waals surface area contributed by atoms with Crippen LogP contribution >= 0.6 is 0 Å². The maximum atomic E-state index is 11.8. The number of carbonyl (C=O) groups excluding carboxylic acids is 1. The molecule has 0 fully saturated rings. The molecule has 0 saturated carbocycles.